The van der Waals surface area contributed by atoms with Gasteiger partial charge in [-0.05, 0) is 52.5 Å². The molecule has 1 atom stereocenters. The summed E-state index contributed by atoms with van der Waals surface area (Å²) in [6, 6.07) is 0.183. The minimum Gasteiger partial charge on any atom is -0.480 e. The summed E-state index contributed by atoms with van der Waals surface area (Å²) in [5.41, 5.74) is -0.818. The Balaban J connectivity index is 2.46. The highest BCUT2D eigenvalue weighted by Crippen LogP contribution is 2.27. The Morgan fingerprint density at radius 3 is 2.47 bits per heavy atom. The van der Waals surface area contributed by atoms with E-state index >= 15 is 0 Å². The number of aliphatic carboxylic acids is 1. The van der Waals surface area contributed by atoms with Gasteiger partial charge in [0, 0.05) is 19.1 Å². The van der Waals surface area contributed by atoms with Crippen LogP contribution in [-0.2, 0) is 4.79 Å². The molecule has 0 radical (unpaired) electrons. The van der Waals surface area contributed by atoms with Gasteiger partial charge < -0.3 is 10.0 Å². The topological polar surface area (TPSA) is 52.6 Å². The predicted molar refractivity (Wildman–Crippen MR) is 78.4 cm³/mol. The Hall–Kier alpha value is -0.610. The summed E-state index contributed by atoms with van der Waals surface area (Å²) >= 11 is 0. The van der Waals surface area contributed by atoms with Gasteiger partial charge in [-0.1, -0.05) is 13.3 Å². The summed E-state index contributed by atoms with van der Waals surface area (Å²) in [5.74, 6) is 0.0926. The summed E-state index contributed by atoms with van der Waals surface area (Å²) in [5, 5.41) is 12.6. The number of nitrogens with one attached hydrogen (secondary N) is 1. The second kappa shape index (κ2) is 7.25. The van der Waals surface area contributed by atoms with Crippen LogP contribution in [0.3, 0.4) is 0 Å². The number of rotatable bonds is 9. The summed E-state index contributed by atoms with van der Waals surface area (Å²) in [6.07, 6.45) is 4.71. The summed E-state index contributed by atoms with van der Waals surface area (Å²) in [7, 11) is 0. The van der Waals surface area contributed by atoms with Crippen molar-refractivity contribution < 1.29 is 9.90 Å². The first-order valence-electron chi connectivity index (χ1n) is 7.61. The first-order chi connectivity index (χ1) is 8.87. The van der Waals surface area contributed by atoms with E-state index in [0.717, 1.165) is 25.6 Å². The van der Waals surface area contributed by atoms with E-state index in [0.29, 0.717) is 6.42 Å². The van der Waals surface area contributed by atoms with Crippen LogP contribution in [0.1, 0.15) is 53.4 Å². The van der Waals surface area contributed by atoms with E-state index in [2.05, 4.69) is 17.1 Å². The van der Waals surface area contributed by atoms with Crippen LogP contribution in [0.15, 0.2) is 0 Å². The predicted octanol–water partition coefficient (Wildman–Crippen LogP) is 2.34. The third-order valence-electron chi connectivity index (χ3n) is 4.20. The van der Waals surface area contributed by atoms with Gasteiger partial charge in [-0.15, -0.1) is 0 Å². The Morgan fingerprint density at radius 2 is 2.11 bits per heavy atom. The minimum atomic E-state index is -0.818. The summed E-state index contributed by atoms with van der Waals surface area (Å²) in [6.45, 7) is 10.9. The first-order valence-corrected chi connectivity index (χ1v) is 7.61. The van der Waals surface area contributed by atoms with E-state index in [1.54, 1.807) is 6.92 Å². The highest BCUT2D eigenvalue weighted by atomic mass is 16.4. The molecular weight excluding hydrogens is 240 g/mol. The lowest BCUT2D eigenvalue weighted by Crippen LogP contribution is -2.54. The van der Waals surface area contributed by atoms with Crippen molar-refractivity contribution in [2.45, 2.75) is 65.0 Å². The zero-order valence-corrected chi connectivity index (χ0v) is 12.9. The molecule has 1 unspecified atom stereocenters. The van der Waals surface area contributed by atoms with E-state index in [1.165, 1.54) is 19.3 Å². The number of carboxylic acids is 1. The van der Waals surface area contributed by atoms with Crippen LogP contribution in [-0.4, -0.2) is 47.2 Å². The number of carboxylic acid groups (broad SMARTS) is 1. The normalized spacial score (nSPS) is 19.5. The van der Waals surface area contributed by atoms with E-state index < -0.39 is 11.5 Å². The van der Waals surface area contributed by atoms with Crippen molar-refractivity contribution in [1.82, 2.24) is 10.2 Å². The van der Waals surface area contributed by atoms with Crippen LogP contribution >= 0.6 is 0 Å². The second-order valence-corrected chi connectivity index (χ2v) is 6.38. The molecule has 4 nitrogen and oxygen atoms in total. The molecule has 1 rings (SSSR count). The van der Waals surface area contributed by atoms with E-state index in [4.69, 9.17) is 0 Å². The van der Waals surface area contributed by atoms with Gasteiger partial charge in [-0.2, -0.15) is 0 Å². The standard InChI is InChI=1S/C15H30N2O2/c1-5-17(11-13-7-6-8-13)10-9-15(4,14(18)19)16-12(2)3/h12-13,16H,5-11H2,1-4H3,(H,18,19). The fourth-order valence-corrected chi connectivity index (χ4v) is 2.68. The molecule has 1 aliphatic rings. The Morgan fingerprint density at radius 1 is 1.47 bits per heavy atom. The maximum Gasteiger partial charge on any atom is 0.323 e. The Bertz CT molecular complexity index is 290. The lowest BCUT2D eigenvalue weighted by atomic mass is 9.85. The summed E-state index contributed by atoms with van der Waals surface area (Å²) in [4.78, 5) is 13.9. The third kappa shape index (κ3) is 5.11. The average Bonchev–Trinajstić information content (AvgIpc) is 2.25. The average molecular weight is 270 g/mol. The van der Waals surface area contributed by atoms with Crippen molar-refractivity contribution in [3.05, 3.63) is 0 Å². The maximum absolute atomic E-state index is 11.5. The third-order valence-corrected chi connectivity index (χ3v) is 4.20. The maximum atomic E-state index is 11.5. The highest BCUT2D eigenvalue weighted by molar-refractivity contribution is 5.78. The number of hydrogen-bond acceptors (Lipinski definition) is 3. The fourth-order valence-electron chi connectivity index (χ4n) is 2.68. The molecule has 0 aromatic heterocycles. The second-order valence-electron chi connectivity index (χ2n) is 6.38. The van der Waals surface area contributed by atoms with Crippen molar-refractivity contribution >= 4 is 5.97 Å². The fraction of sp³-hybridized carbons (Fsp3) is 0.933. The van der Waals surface area contributed by atoms with Crippen molar-refractivity contribution in [3.8, 4) is 0 Å². The molecule has 1 aliphatic carbocycles. The van der Waals surface area contributed by atoms with Gasteiger partial charge in [0.25, 0.3) is 0 Å². The van der Waals surface area contributed by atoms with Crippen LogP contribution in [0, 0.1) is 5.92 Å². The Labute approximate surface area is 117 Å². The molecule has 2 N–H and O–H groups in total. The highest BCUT2D eigenvalue weighted by Gasteiger charge is 2.33. The minimum absolute atomic E-state index is 0.183. The SMILES string of the molecule is CCN(CCC(C)(NC(C)C)C(=O)O)CC1CCC1. The molecule has 112 valence electrons. The number of carbonyl (C=O) groups is 1. The molecule has 0 heterocycles. The largest absolute Gasteiger partial charge is 0.480 e. The van der Waals surface area contributed by atoms with Crippen LogP contribution in [0.25, 0.3) is 0 Å². The zero-order valence-electron chi connectivity index (χ0n) is 12.9. The van der Waals surface area contributed by atoms with Gasteiger partial charge in [0.2, 0.25) is 0 Å². The van der Waals surface area contributed by atoms with Crippen LogP contribution in [0.5, 0.6) is 0 Å². The lowest BCUT2D eigenvalue weighted by molar-refractivity contribution is -0.145. The van der Waals surface area contributed by atoms with Gasteiger partial charge in [0.1, 0.15) is 5.54 Å². The van der Waals surface area contributed by atoms with Crippen molar-refractivity contribution in [2.75, 3.05) is 19.6 Å². The van der Waals surface area contributed by atoms with Crippen molar-refractivity contribution in [1.29, 1.82) is 0 Å². The van der Waals surface area contributed by atoms with Crippen LogP contribution in [0.4, 0.5) is 0 Å². The molecule has 0 bridgehead atoms. The molecule has 0 aromatic carbocycles. The lowest BCUT2D eigenvalue weighted by Gasteiger charge is -2.35. The quantitative estimate of drug-likeness (QED) is 0.675. The molecule has 1 saturated carbocycles. The van der Waals surface area contributed by atoms with Gasteiger partial charge >= 0.3 is 5.97 Å². The molecule has 1 fully saturated rings. The number of nitrogens with zero attached hydrogens (tertiary/aromatic N) is 1. The van der Waals surface area contributed by atoms with Crippen molar-refractivity contribution in [3.63, 3.8) is 0 Å². The molecular formula is C15H30N2O2. The number of hydrogen-bond donors (Lipinski definition) is 2. The smallest absolute Gasteiger partial charge is 0.323 e. The van der Waals surface area contributed by atoms with Crippen molar-refractivity contribution in [2.24, 2.45) is 5.92 Å². The van der Waals surface area contributed by atoms with E-state index in [1.807, 2.05) is 13.8 Å². The van der Waals surface area contributed by atoms with E-state index in [9.17, 15) is 9.90 Å². The molecule has 0 aromatic rings. The molecule has 0 spiro atoms. The van der Waals surface area contributed by atoms with Gasteiger partial charge in [0.05, 0.1) is 0 Å². The summed E-state index contributed by atoms with van der Waals surface area (Å²) < 4.78 is 0. The van der Waals surface area contributed by atoms with Crippen LogP contribution in [0.2, 0.25) is 0 Å². The Kier molecular flexibility index (Phi) is 6.27. The molecule has 4 heteroatoms. The van der Waals surface area contributed by atoms with Gasteiger partial charge in [0.15, 0.2) is 0 Å². The van der Waals surface area contributed by atoms with Gasteiger partial charge in [-0.25, -0.2) is 0 Å². The van der Waals surface area contributed by atoms with Gasteiger partial charge in [-0.3, -0.25) is 10.1 Å². The molecule has 0 aliphatic heterocycles. The molecule has 19 heavy (non-hydrogen) atoms. The molecule has 0 saturated heterocycles. The monoisotopic (exact) mass is 270 g/mol. The van der Waals surface area contributed by atoms with Crippen LogP contribution < -0.4 is 5.32 Å². The molecule has 0 amide bonds. The zero-order chi connectivity index (χ0) is 14.5. The first kappa shape index (κ1) is 16.4. The van der Waals surface area contributed by atoms with E-state index in [-0.39, 0.29) is 6.04 Å².